The van der Waals surface area contributed by atoms with Crippen molar-refractivity contribution in [3.05, 3.63) is 40.7 Å². The number of allylic oxidation sites excluding steroid dienone is 2. The molecule has 0 spiro atoms. The molecule has 1 aromatic rings. The van der Waals surface area contributed by atoms with E-state index in [4.69, 9.17) is 4.74 Å². The summed E-state index contributed by atoms with van der Waals surface area (Å²) in [5.41, 5.74) is 2.85. The lowest BCUT2D eigenvalue weighted by atomic mass is 10.00. The van der Waals surface area contributed by atoms with Gasteiger partial charge in [-0.25, -0.2) is 0 Å². The van der Waals surface area contributed by atoms with Crippen LogP contribution >= 0.6 is 0 Å². The summed E-state index contributed by atoms with van der Waals surface area (Å²) in [4.78, 5) is 11.8. The summed E-state index contributed by atoms with van der Waals surface area (Å²) >= 11 is 0. The molecule has 1 aliphatic rings. The molecule has 1 aromatic carbocycles. The summed E-state index contributed by atoms with van der Waals surface area (Å²) in [6.07, 6.45) is 0.450. The predicted octanol–water partition coefficient (Wildman–Crippen LogP) is 2.79. The van der Waals surface area contributed by atoms with Gasteiger partial charge in [-0.1, -0.05) is 12.1 Å². The Labute approximate surface area is 89.6 Å². The normalized spacial score (nSPS) is 15.8. The van der Waals surface area contributed by atoms with Crippen LogP contribution < -0.4 is 4.74 Å². The van der Waals surface area contributed by atoms with E-state index in [0.29, 0.717) is 12.2 Å². The second-order valence-corrected chi connectivity index (χ2v) is 3.93. The molecule has 0 aliphatic carbocycles. The fourth-order valence-electron chi connectivity index (χ4n) is 1.73. The van der Waals surface area contributed by atoms with Crippen molar-refractivity contribution in [3.8, 4) is 5.75 Å². The fraction of sp³-hybridized carbons (Fsp3) is 0.308. The number of rotatable bonds is 0. The largest absolute Gasteiger partial charge is 0.461 e. The average Bonchev–Trinajstić information content (AvgIpc) is 2.30. The highest BCUT2D eigenvalue weighted by molar-refractivity contribution is 5.97. The molecule has 2 nitrogen and oxygen atoms in total. The molecule has 2 heteroatoms. The standard InChI is InChI=1S/C13H14O2/c1-8-5-4-6-13-11(8)7-12(14)9(2)10(3)15-13/h4-6H,7H2,1-3H3. The first-order valence-corrected chi connectivity index (χ1v) is 5.06. The number of benzene rings is 1. The summed E-state index contributed by atoms with van der Waals surface area (Å²) < 4.78 is 5.68. The molecule has 2 rings (SSSR count). The molecule has 78 valence electrons. The van der Waals surface area contributed by atoms with E-state index >= 15 is 0 Å². The third kappa shape index (κ3) is 1.67. The molecule has 0 radical (unpaired) electrons. The third-order valence-corrected chi connectivity index (χ3v) is 2.91. The maximum atomic E-state index is 11.8. The Hall–Kier alpha value is -1.57. The van der Waals surface area contributed by atoms with Crippen molar-refractivity contribution in [2.45, 2.75) is 27.2 Å². The summed E-state index contributed by atoms with van der Waals surface area (Å²) in [7, 11) is 0. The van der Waals surface area contributed by atoms with Crippen LogP contribution in [0, 0.1) is 6.92 Å². The van der Waals surface area contributed by atoms with Crippen molar-refractivity contribution in [3.63, 3.8) is 0 Å². The van der Waals surface area contributed by atoms with E-state index in [1.165, 1.54) is 0 Å². The van der Waals surface area contributed by atoms with Crippen LogP contribution in [-0.2, 0) is 11.2 Å². The molecule has 1 heterocycles. The van der Waals surface area contributed by atoms with E-state index in [9.17, 15) is 4.79 Å². The van der Waals surface area contributed by atoms with Crippen LogP contribution in [0.3, 0.4) is 0 Å². The predicted molar refractivity (Wildman–Crippen MR) is 58.9 cm³/mol. The molecular weight excluding hydrogens is 188 g/mol. The molecule has 0 atom stereocenters. The van der Waals surface area contributed by atoms with E-state index < -0.39 is 0 Å². The lowest BCUT2D eigenvalue weighted by Crippen LogP contribution is -2.04. The minimum Gasteiger partial charge on any atom is -0.461 e. The van der Waals surface area contributed by atoms with Gasteiger partial charge in [0, 0.05) is 17.6 Å². The lowest BCUT2D eigenvalue weighted by molar-refractivity contribution is -0.115. The minimum atomic E-state index is 0.153. The first kappa shape index (κ1) is 9.97. The minimum absolute atomic E-state index is 0.153. The lowest BCUT2D eigenvalue weighted by Gasteiger charge is -2.09. The average molecular weight is 202 g/mol. The first-order valence-electron chi connectivity index (χ1n) is 5.06. The summed E-state index contributed by atoms with van der Waals surface area (Å²) in [6, 6.07) is 5.87. The molecule has 0 aromatic heterocycles. The first-order chi connectivity index (χ1) is 7.09. The fourth-order valence-corrected chi connectivity index (χ4v) is 1.73. The second kappa shape index (κ2) is 3.54. The van der Waals surface area contributed by atoms with Crippen molar-refractivity contribution in [1.29, 1.82) is 0 Å². The van der Waals surface area contributed by atoms with Gasteiger partial charge in [0.2, 0.25) is 0 Å². The van der Waals surface area contributed by atoms with Crippen LogP contribution in [0.2, 0.25) is 0 Å². The van der Waals surface area contributed by atoms with E-state index in [1.807, 2.05) is 39.0 Å². The summed E-state index contributed by atoms with van der Waals surface area (Å²) in [6.45, 7) is 5.66. The smallest absolute Gasteiger partial charge is 0.166 e. The Balaban J connectivity index is 2.56. The Bertz CT molecular complexity index is 456. The highest BCUT2D eigenvalue weighted by Crippen LogP contribution is 2.29. The number of ether oxygens (including phenoxy) is 1. The molecule has 0 saturated carbocycles. The third-order valence-electron chi connectivity index (χ3n) is 2.91. The number of aryl methyl sites for hydroxylation is 1. The zero-order chi connectivity index (χ0) is 11.0. The van der Waals surface area contributed by atoms with Crippen molar-refractivity contribution in [2.24, 2.45) is 0 Å². The van der Waals surface area contributed by atoms with Gasteiger partial charge < -0.3 is 4.74 Å². The number of fused-ring (bicyclic) bond motifs is 1. The Kier molecular flexibility index (Phi) is 2.35. The number of carbonyl (C=O) groups excluding carboxylic acids is 1. The zero-order valence-corrected chi connectivity index (χ0v) is 9.26. The molecule has 1 aliphatic heterocycles. The van der Waals surface area contributed by atoms with E-state index in [2.05, 4.69) is 0 Å². The van der Waals surface area contributed by atoms with Gasteiger partial charge in [-0.2, -0.15) is 0 Å². The highest BCUT2D eigenvalue weighted by atomic mass is 16.5. The summed E-state index contributed by atoms with van der Waals surface area (Å²) in [5, 5.41) is 0. The van der Waals surface area contributed by atoms with Crippen molar-refractivity contribution in [2.75, 3.05) is 0 Å². The highest BCUT2D eigenvalue weighted by Gasteiger charge is 2.19. The van der Waals surface area contributed by atoms with Crippen molar-refractivity contribution < 1.29 is 9.53 Å². The van der Waals surface area contributed by atoms with Gasteiger partial charge in [0.15, 0.2) is 5.78 Å². The number of carbonyl (C=O) groups is 1. The van der Waals surface area contributed by atoms with Crippen LogP contribution in [0.5, 0.6) is 5.75 Å². The molecule has 0 N–H and O–H groups in total. The van der Waals surface area contributed by atoms with Crippen molar-refractivity contribution >= 4 is 5.78 Å². The molecule has 15 heavy (non-hydrogen) atoms. The Morgan fingerprint density at radius 2 is 1.93 bits per heavy atom. The maximum Gasteiger partial charge on any atom is 0.166 e. The van der Waals surface area contributed by atoms with Crippen LogP contribution in [-0.4, -0.2) is 5.78 Å². The van der Waals surface area contributed by atoms with Gasteiger partial charge in [-0.3, -0.25) is 4.79 Å². The van der Waals surface area contributed by atoms with Gasteiger partial charge >= 0.3 is 0 Å². The molecule has 0 fully saturated rings. The number of Topliss-reactive ketones (excluding diaryl/α,β-unsaturated/α-hetero) is 1. The van der Waals surface area contributed by atoms with E-state index in [1.54, 1.807) is 0 Å². The van der Waals surface area contributed by atoms with Crippen molar-refractivity contribution in [1.82, 2.24) is 0 Å². The Morgan fingerprint density at radius 1 is 1.20 bits per heavy atom. The van der Waals surface area contributed by atoms with Gasteiger partial charge in [0.25, 0.3) is 0 Å². The van der Waals surface area contributed by atoms with Gasteiger partial charge in [0.1, 0.15) is 11.5 Å². The molecule has 0 bridgehead atoms. The van der Waals surface area contributed by atoms with Gasteiger partial charge in [-0.05, 0) is 32.4 Å². The van der Waals surface area contributed by atoms with Crippen LogP contribution in [0.4, 0.5) is 0 Å². The van der Waals surface area contributed by atoms with Crippen LogP contribution in [0.1, 0.15) is 25.0 Å². The quantitative estimate of drug-likeness (QED) is 0.646. The monoisotopic (exact) mass is 202 g/mol. The molecule has 0 saturated heterocycles. The number of hydrogen-bond acceptors (Lipinski definition) is 2. The zero-order valence-electron chi connectivity index (χ0n) is 9.26. The number of hydrogen-bond donors (Lipinski definition) is 0. The maximum absolute atomic E-state index is 11.8. The van der Waals surface area contributed by atoms with E-state index in [0.717, 1.165) is 22.4 Å². The van der Waals surface area contributed by atoms with Crippen LogP contribution in [0.25, 0.3) is 0 Å². The molecule has 0 unspecified atom stereocenters. The SMILES string of the molecule is CC1=C(C)C(=O)Cc2c(C)cccc2O1. The van der Waals surface area contributed by atoms with Gasteiger partial charge in [0.05, 0.1) is 0 Å². The second-order valence-electron chi connectivity index (χ2n) is 3.93. The Morgan fingerprint density at radius 3 is 2.67 bits per heavy atom. The number of ketones is 1. The topological polar surface area (TPSA) is 26.3 Å². The molecular formula is C13H14O2. The van der Waals surface area contributed by atoms with Crippen LogP contribution in [0.15, 0.2) is 29.5 Å². The molecule has 0 amide bonds. The van der Waals surface area contributed by atoms with Gasteiger partial charge in [-0.15, -0.1) is 0 Å². The summed E-state index contributed by atoms with van der Waals surface area (Å²) in [5.74, 6) is 1.68. The van der Waals surface area contributed by atoms with E-state index in [-0.39, 0.29) is 5.78 Å².